The molecule has 1 aliphatic carbocycles. The predicted molar refractivity (Wildman–Crippen MR) is 62.0 cm³/mol. The van der Waals surface area contributed by atoms with Crippen molar-refractivity contribution in [3.8, 4) is 0 Å². The zero-order valence-corrected chi connectivity index (χ0v) is 10.2. The van der Waals surface area contributed by atoms with Gasteiger partial charge < -0.3 is 5.53 Å². The van der Waals surface area contributed by atoms with Gasteiger partial charge in [0.05, 0.1) is 0 Å². The molecule has 1 aliphatic rings. The summed E-state index contributed by atoms with van der Waals surface area (Å²) in [5, 5.41) is 0. The number of halogens is 3. The van der Waals surface area contributed by atoms with Gasteiger partial charge in [-0.3, -0.25) is 4.79 Å². The standard InChI is InChI=1S/C7H5F3N2.C5H10O/c8-7(9,10)5-3-1-2-4-6(5)12-11;1-3-5(6)4-2/h1-5H;3-4H2,1-2H3. The van der Waals surface area contributed by atoms with Crippen LogP contribution in [0.3, 0.4) is 0 Å². The fourth-order valence-electron chi connectivity index (χ4n) is 1.15. The van der Waals surface area contributed by atoms with Crippen LogP contribution in [-0.2, 0) is 4.79 Å². The van der Waals surface area contributed by atoms with Crippen LogP contribution in [0.15, 0.2) is 24.3 Å². The molecule has 0 fully saturated rings. The highest BCUT2D eigenvalue weighted by atomic mass is 19.4. The maximum atomic E-state index is 12.1. The highest BCUT2D eigenvalue weighted by Gasteiger charge is 2.45. The van der Waals surface area contributed by atoms with E-state index in [1.807, 2.05) is 13.8 Å². The van der Waals surface area contributed by atoms with E-state index in [1.165, 1.54) is 12.2 Å². The van der Waals surface area contributed by atoms with Crippen LogP contribution >= 0.6 is 0 Å². The molecule has 0 heterocycles. The molecule has 0 N–H and O–H groups in total. The molecule has 3 nitrogen and oxygen atoms in total. The average Bonchev–Trinajstić information content (AvgIpc) is 2.37. The molecule has 1 rings (SSSR count). The molecule has 0 aromatic rings. The topological polar surface area (TPSA) is 53.5 Å². The van der Waals surface area contributed by atoms with Crippen molar-refractivity contribution in [2.45, 2.75) is 32.9 Å². The lowest BCUT2D eigenvalue weighted by molar-refractivity contribution is -0.152. The Hall–Kier alpha value is -1.68. The number of hydrogen-bond acceptors (Lipinski definition) is 1. The minimum atomic E-state index is -4.39. The van der Waals surface area contributed by atoms with E-state index in [0.717, 1.165) is 12.2 Å². The van der Waals surface area contributed by atoms with E-state index in [9.17, 15) is 18.0 Å². The zero-order chi connectivity index (χ0) is 14.2. The quantitative estimate of drug-likeness (QED) is 0.555. The summed E-state index contributed by atoms with van der Waals surface area (Å²) in [6.45, 7) is 3.76. The Bertz CT molecular complexity index is 385. The monoisotopic (exact) mass is 260 g/mol. The maximum absolute atomic E-state index is 12.1. The molecule has 0 spiro atoms. The number of alkyl halides is 3. The van der Waals surface area contributed by atoms with E-state index in [2.05, 4.69) is 4.79 Å². The highest BCUT2D eigenvalue weighted by Crippen LogP contribution is 2.29. The summed E-state index contributed by atoms with van der Waals surface area (Å²) in [5.41, 5.74) is 7.84. The fourth-order valence-corrected chi connectivity index (χ4v) is 1.15. The van der Waals surface area contributed by atoms with Gasteiger partial charge in [-0.25, -0.2) is 0 Å². The summed E-state index contributed by atoms with van der Waals surface area (Å²) in [5.74, 6) is -1.44. The van der Waals surface area contributed by atoms with Gasteiger partial charge in [-0.05, 0) is 0 Å². The first-order chi connectivity index (χ1) is 8.36. The van der Waals surface area contributed by atoms with Crippen molar-refractivity contribution in [1.29, 1.82) is 0 Å². The summed E-state index contributed by atoms with van der Waals surface area (Å²) in [7, 11) is 0. The smallest absolute Gasteiger partial charge is 0.361 e. The number of ketones is 1. The third-order valence-corrected chi connectivity index (χ3v) is 2.26. The highest BCUT2D eigenvalue weighted by molar-refractivity contribution is 5.95. The molecular weight excluding hydrogens is 245 g/mol. The van der Waals surface area contributed by atoms with Crippen LogP contribution in [-0.4, -0.2) is 22.5 Å². The minimum Gasteiger partial charge on any atom is -0.361 e. The Morgan fingerprint density at radius 1 is 1.33 bits per heavy atom. The minimum absolute atomic E-state index is 0.343. The number of carbonyl (C=O) groups is 1. The van der Waals surface area contributed by atoms with E-state index in [0.29, 0.717) is 18.6 Å². The van der Waals surface area contributed by atoms with Crippen molar-refractivity contribution in [3.63, 3.8) is 0 Å². The molecule has 0 amide bonds. The molecule has 0 saturated heterocycles. The van der Waals surface area contributed by atoms with Crippen LogP contribution in [0.4, 0.5) is 13.2 Å². The zero-order valence-electron chi connectivity index (χ0n) is 10.2. The van der Waals surface area contributed by atoms with Gasteiger partial charge >= 0.3 is 11.9 Å². The number of allylic oxidation sites excluding steroid dienone is 4. The van der Waals surface area contributed by atoms with Gasteiger partial charge in [-0.2, -0.15) is 18.0 Å². The Labute approximate surface area is 104 Å². The van der Waals surface area contributed by atoms with Crippen LogP contribution in [0.25, 0.3) is 5.53 Å². The van der Waals surface area contributed by atoms with Gasteiger partial charge in [0.15, 0.2) is 5.92 Å². The molecule has 0 bridgehead atoms. The predicted octanol–water partition coefficient (Wildman–Crippen LogP) is 3.34. The Balaban J connectivity index is 0.000000411. The fraction of sp³-hybridized carbons (Fsp3) is 0.500. The molecule has 0 saturated carbocycles. The Kier molecular flexibility index (Phi) is 6.90. The number of nitrogens with zero attached hydrogens (tertiary/aromatic N) is 2. The Morgan fingerprint density at radius 3 is 2.17 bits per heavy atom. The van der Waals surface area contributed by atoms with Crippen LogP contribution in [0, 0.1) is 5.92 Å². The third kappa shape index (κ3) is 5.59. The van der Waals surface area contributed by atoms with E-state index in [1.54, 1.807) is 0 Å². The van der Waals surface area contributed by atoms with Gasteiger partial charge in [-0.1, -0.05) is 32.1 Å². The van der Waals surface area contributed by atoms with Crippen LogP contribution in [0.1, 0.15) is 26.7 Å². The summed E-state index contributed by atoms with van der Waals surface area (Å²) < 4.78 is 36.3. The number of Topliss-reactive ketones (excluding diaryl/α,β-unsaturated/α-hetero) is 1. The lowest BCUT2D eigenvalue weighted by atomic mass is 9.98. The van der Waals surface area contributed by atoms with Crippen LogP contribution in [0.5, 0.6) is 0 Å². The first-order valence-corrected chi connectivity index (χ1v) is 5.52. The summed E-state index contributed by atoms with van der Waals surface area (Å²) >= 11 is 0. The van der Waals surface area contributed by atoms with Crippen molar-refractivity contribution in [2.24, 2.45) is 5.92 Å². The number of rotatable bonds is 2. The average molecular weight is 260 g/mol. The third-order valence-electron chi connectivity index (χ3n) is 2.26. The summed E-state index contributed by atoms with van der Waals surface area (Å²) in [4.78, 5) is 12.7. The van der Waals surface area contributed by atoms with Gasteiger partial charge in [0.1, 0.15) is 5.78 Å². The molecule has 18 heavy (non-hydrogen) atoms. The molecule has 0 aromatic carbocycles. The second-order valence-electron chi connectivity index (χ2n) is 3.53. The first kappa shape index (κ1) is 16.3. The molecule has 100 valence electrons. The van der Waals surface area contributed by atoms with E-state index >= 15 is 0 Å². The normalized spacial score (nSPS) is 17.8. The first-order valence-electron chi connectivity index (χ1n) is 5.52. The van der Waals surface area contributed by atoms with Crippen molar-refractivity contribution in [2.75, 3.05) is 0 Å². The summed E-state index contributed by atoms with van der Waals surface area (Å²) in [6.07, 6.45) is 1.72. The number of carbonyl (C=O) groups excluding carboxylic acids is 1. The largest absolute Gasteiger partial charge is 0.406 e. The lowest BCUT2D eigenvalue weighted by Gasteiger charge is -2.12. The van der Waals surface area contributed by atoms with Crippen molar-refractivity contribution in [3.05, 3.63) is 29.8 Å². The summed E-state index contributed by atoms with van der Waals surface area (Å²) in [6, 6.07) is 0. The van der Waals surface area contributed by atoms with Gasteiger partial charge in [0, 0.05) is 18.9 Å². The van der Waals surface area contributed by atoms with Gasteiger partial charge in [0.25, 0.3) is 0 Å². The van der Waals surface area contributed by atoms with Crippen molar-refractivity contribution < 1.29 is 22.8 Å². The van der Waals surface area contributed by atoms with Crippen LogP contribution in [0.2, 0.25) is 0 Å². The van der Waals surface area contributed by atoms with Gasteiger partial charge in [0.2, 0.25) is 0 Å². The van der Waals surface area contributed by atoms with Crippen molar-refractivity contribution in [1.82, 2.24) is 0 Å². The molecule has 0 radical (unpaired) electrons. The molecule has 1 atom stereocenters. The molecule has 0 aromatic heterocycles. The molecule has 0 aliphatic heterocycles. The molecular formula is C12H15F3N2O. The van der Waals surface area contributed by atoms with E-state index in [-0.39, 0.29) is 5.71 Å². The maximum Gasteiger partial charge on any atom is 0.406 e. The lowest BCUT2D eigenvalue weighted by Crippen LogP contribution is -2.29. The molecule has 6 heteroatoms. The second-order valence-corrected chi connectivity index (χ2v) is 3.53. The SMILES string of the molecule is CCC(=O)CC.[N-]=[N+]=C1C=CC=CC1C(F)(F)F. The van der Waals surface area contributed by atoms with E-state index in [4.69, 9.17) is 5.53 Å². The van der Waals surface area contributed by atoms with Gasteiger partial charge in [-0.15, -0.1) is 0 Å². The molecule has 1 unspecified atom stereocenters. The second kappa shape index (κ2) is 7.61. The van der Waals surface area contributed by atoms with E-state index < -0.39 is 12.1 Å². The van der Waals surface area contributed by atoms with Crippen molar-refractivity contribution >= 4 is 11.5 Å². The van der Waals surface area contributed by atoms with Crippen LogP contribution < -0.4 is 0 Å². The number of hydrogen-bond donors (Lipinski definition) is 0. The Morgan fingerprint density at radius 2 is 1.89 bits per heavy atom.